The molecule has 0 radical (unpaired) electrons. The number of nitrogens with one attached hydrogen (secondary N) is 2. The first-order valence-corrected chi connectivity index (χ1v) is 6.00. The maximum absolute atomic E-state index is 6.01. The van der Waals surface area contributed by atoms with Crippen LogP contribution in [0.4, 0.5) is 11.8 Å². The minimum absolute atomic E-state index is 0.517. The molecule has 2 rings (SSSR count). The van der Waals surface area contributed by atoms with Gasteiger partial charge in [-0.2, -0.15) is 4.98 Å². The van der Waals surface area contributed by atoms with Gasteiger partial charge in [0.15, 0.2) is 0 Å². The van der Waals surface area contributed by atoms with Crippen molar-refractivity contribution < 1.29 is 0 Å². The van der Waals surface area contributed by atoms with Crippen LogP contribution in [-0.4, -0.2) is 28.5 Å². The summed E-state index contributed by atoms with van der Waals surface area (Å²) in [5.41, 5.74) is 1.22. The second kappa shape index (κ2) is 6.16. The minimum atomic E-state index is 0.517. The van der Waals surface area contributed by atoms with Crippen LogP contribution in [0.1, 0.15) is 5.56 Å². The molecule has 0 unspecified atom stereocenters. The van der Waals surface area contributed by atoms with Gasteiger partial charge in [-0.1, -0.05) is 11.6 Å². The van der Waals surface area contributed by atoms with Crippen LogP contribution in [0.3, 0.4) is 0 Å². The number of anilines is 2. The Bertz CT molecular complexity index is 503. The van der Waals surface area contributed by atoms with Crippen LogP contribution in [0.15, 0.2) is 30.7 Å². The lowest BCUT2D eigenvalue weighted by molar-refractivity contribution is 0.994. The number of hydrogen-bond donors (Lipinski definition) is 2. The Labute approximate surface area is 111 Å². The first-order chi connectivity index (χ1) is 8.79. The molecule has 2 aromatic heterocycles. The molecule has 0 saturated heterocycles. The Morgan fingerprint density at radius 2 is 2.06 bits per heavy atom. The molecule has 0 spiro atoms. The summed E-state index contributed by atoms with van der Waals surface area (Å²) in [5, 5.41) is 6.58. The van der Waals surface area contributed by atoms with Crippen molar-refractivity contribution in [2.24, 2.45) is 0 Å². The summed E-state index contributed by atoms with van der Waals surface area (Å²) in [7, 11) is 1.77. The average Bonchev–Trinajstić information content (AvgIpc) is 2.42. The van der Waals surface area contributed by atoms with Crippen LogP contribution in [-0.2, 0) is 6.42 Å². The van der Waals surface area contributed by atoms with Crippen LogP contribution < -0.4 is 10.6 Å². The maximum Gasteiger partial charge on any atom is 0.224 e. The number of aromatic nitrogens is 3. The van der Waals surface area contributed by atoms with Gasteiger partial charge < -0.3 is 10.6 Å². The van der Waals surface area contributed by atoms with Crippen molar-refractivity contribution in [1.82, 2.24) is 15.0 Å². The molecule has 5 nitrogen and oxygen atoms in total. The van der Waals surface area contributed by atoms with Gasteiger partial charge in [-0.3, -0.25) is 4.98 Å². The topological polar surface area (TPSA) is 62.7 Å². The van der Waals surface area contributed by atoms with E-state index in [0.717, 1.165) is 13.0 Å². The van der Waals surface area contributed by atoms with E-state index < -0.39 is 0 Å². The molecule has 18 heavy (non-hydrogen) atoms. The molecule has 0 aliphatic heterocycles. The molecule has 0 aliphatic rings. The van der Waals surface area contributed by atoms with Crippen LogP contribution in [0.2, 0.25) is 5.02 Å². The van der Waals surface area contributed by atoms with Crippen molar-refractivity contribution in [3.63, 3.8) is 0 Å². The zero-order valence-corrected chi connectivity index (χ0v) is 10.8. The molecule has 2 aromatic rings. The summed E-state index contributed by atoms with van der Waals surface area (Å²) in [6, 6.07) is 3.98. The third kappa shape index (κ3) is 3.30. The van der Waals surface area contributed by atoms with E-state index in [4.69, 9.17) is 11.6 Å². The first-order valence-electron chi connectivity index (χ1n) is 5.62. The predicted molar refractivity (Wildman–Crippen MR) is 73.0 cm³/mol. The van der Waals surface area contributed by atoms with Crippen molar-refractivity contribution in [1.29, 1.82) is 0 Å². The fraction of sp³-hybridized carbons (Fsp3) is 0.250. The molecule has 2 heterocycles. The van der Waals surface area contributed by atoms with Gasteiger partial charge in [0.25, 0.3) is 0 Å². The highest BCUT2D eigenvalue weighted by Gasteiger charge is 2.03. The Balaban J connectivity index is 1.94. The quantitative estimate of drug-likeness (QED) is 0.866. The van der Waals surface area contributed by atoms with Gasteiger partial charge in [0.05, 0.1) is 6.20 Å². The second-order valence-corrected chi connectivity index (χ2v) is 4.08. The normalized spacial score (nSPS) is 10.1. The zero-order chi connectivity index (χ0) is 12.8. The molecule has 0 amide bonds. The molecule has 0 bridgehead atoms. The molecular weight excluding hydrogens is 250 g/mol. The highest BCUT2D eigenvalue weighted by molar-refractivity contribution is 6.32. The van der Waals surface area contributed by atoms with E-state index in [2.05, 4.69) is 25.6 Å². The summed E-state index contributed by atoms with van der Waals surface area (Å²) < 4.78 is 0. The van der Waals surface area contributed by atoms with E-state index >= 15 is 0 Å². The number of pyridine rings is 1. The lowest BCUT2D eigenvalue weighted by atomic mass is 10.2. The standard InChI is InChI=1S/C12H14ClN5/c1-14-12-17-8-10(13)11(18-12)16-7-4-9-2-5-15-6-3-9/h2-3,5-6,8H,4,7H2,1H3,(H2,14,16,17,18). The van der Waals surface area contributed by atoms with Crippen molar-refractivity contribution in [3.05, 3.63) is 41.3 Å². The van der Waals surface area contributed by atoms with E-state index in [1.54, 1.807) is 25.6 Å². The fourth-order valence-electron chi connectivity index (χ4n) is 1.49. The lowest BCUT2D eigenvalue weighted by Crippen LogP contribution is -2.08. The van der Waals surface area contributed by atoms with Gasteiger partial charge in [-0.05, 0) is 24.1 Å². The third-order valence-corrected chi connectivity index (χ3v) is 2.70. The molecule has 0 atom stereocenters. The molecule has 6 heteroatoms. The smallest absolute Gasteiger partial charge is 0.224 e. The van der Waals surface area contributed by atoms with Crippen molar-refractivity contribution >= 4 is 23.4 Å². The molecule has 94 valence electrons. The molecule has 2 N–H and O–H groups in total. The summed E-state index contributed by atoms with van der Waals surface area (Å²) in [6.07, 6.45) is 6.03. The van der Waals surface area contributed by atoms with E-state index in [9.17, 15) is 0 Å². The van der Waals surface area contributed by atoms with Gasteiger partial charge >= 0.3 is 0 Å². The summed E-state index contributed by atoms with van der Waals surface area (Å²) in [5.74, 6) is 1.19. The van der Waals surface area contributed by atoms with Gasteiger partial charge in [0.1, 0.15) is 10.8 Å². The lowest BCUT2D eigenvalue weighted by Gasteiger charge is -2.08. The van der Waals surface area contributed by atoms with Crippen molar-refractivity contribution in [2.75, 3.05) is 24.2 Å². The van der Waals surface area contributed by atoms with Crippen LogP contribution >= 0.6 is 11.6 Å². The Morgan fingerprint density at radius 3 is 2.78 bits per heavy atom. The van der Waals surface area contributed by atoms with Crippen molar-refractivity contribution in [3.8, 4) is 0 Å². The first kappa shape index (κ1) is 12.6. The number of hydrogen-bond acceptors (Lipinski definition) is 5. The predicted octanol–water partition coefficient (Wildman–Crippen LogP) is 2.22. The van der Waals surface area contributed by atoms with Crippen LogP contribution in [0.5, 0.6) is 0 Å². The maximum atomic E-state index is 6.01. The summed E-state index contributed by atoms with van der Waals surface area (Å²) >= 11 is 6.01. The molecule has 0 aromatic carbocycles. The van der Waals surface area contributed by atoms with Gasteiger partial charge in [0, 0.05) is 26.0 Å². The van der Waals surface area contributed by atoms with E-state index in [1.165, 1.54) is 5.56 Å². The number of halogens is 1. The third-order valence-electron chi connectivity index (χ3n) is 2.42. The molecule has 0 saturated carbocycles. The van der Waals surface area contributed by atoms with E-state index in [0.29, 0.717) is 16.8 Å². The van der Waals surface area contributed by atoms with Crippen molar-refractivity contribution in [2.45, 2.75) is 6.42 Å². The SMILES string of the molecule is CNc1ncc(Cl)c(NCCc2ccncc2)n1. The Kier molecular flexibility index (Phi) is 4.30. The number of rotatable bonds is 5. The van der Waals surface area contributed by atoms with Crippen LogP contribution in [0, 0.1) is 0 Å². The van der Waals surface area contributed by atoms with Crippen LogP contribution in [0.25, 0.3) is 0 Å². The highest BCUT2D eigenvalue weighted by Crippen LogP contribution is 2.18. The van der Waals surface area contributed by atoms with E-state index in [1.807, 2.05) is 12.1 Å². The largest absolute Gasteiger partial charge is 0.368 e. The molecule has 0 aliphatic carbocycles. The fourth-order valence-corrected chi connectivity index (χ4v) is 1.64. The molecular formula is C12H14ClN5. The van der Waals surface area contributed by atoms with E-state index in [-0.39, 0.29) is 0 Å². The number of nitrogens with zero attached hydrogens (tertiary/aromatic N) is 3. The zero-order valence-electron chi connectivity index (χ0n) is 10.0. The van der Waals surface area contributed by atoms with Gasteiger partial charge in [0.2, 0.25) is 5.95 Å². The van der Waals surface area contributed by atoms with Gasteiger partial charge in [-0.25, -0.2) is 4.98 Å². The minimum Gasteiger partial charge on any atom is -0.368 e. The Morgan fingerprint density at radius 1 is 1.28 bits per heavy atom. The highest BCUT2D eigenvalue weighted by atomic mass is 35.5. The van der Waals surface area contributed by atoms with Gasteiger partial charge in [-0.15, -0.1) is 0 Å². The average molecular weight is 264 g/mol. The monoisotopic (exact) mass is 263 g/mol. The summed E-state index contributed by atoms with van der Waals surface area (Å²) in [6.45, 7) is 0.754. The molecule has 0 fully saturated rings. The summed E-state index contributed by atoms with van der Waals surface area (Å²) in [4.78, 5) is 12.2. The Hall–Kier alpha value is -1.88. The second-order valence-electron chi connectivity index (χ2n) is 3.67.